The topological polar surface area (TPSA) is 202 Å². The number of rotatable bonds is 21. The highest BCUT2D eigenvalue weighted by Crippen LogP contribution is 2.30. The number of aliphatic hydroxyl groups excluding tert-OH is 1. The number of ether oxygens (including phenoxy) is 1. The van der Waals surface area contributed by atoms with Crippen LogP contribution in [0.2, 0.25) is 0 Å². The Morgan fingerprint density at radius 3 is 2.27 bits per heavy atom. The van der Waals surface area contributed by atoms with Crippen molar-refractivity contribution in [3.63, 3.8) is 0 Å². The predicted octanol–water partition coefficient (Wildman–Crippen LogP) is 4.30. The Bertz CT molecular complexity index is 1740. The Morgan fingerprint density at radius 2 is 1.59 bits per heavy atom. The van der Waals surface area contributed by atoms with E-state index in [1.807, 2.05) is 76.2 Å². The van der Waals surface area contributed by atoms with Crippen LogP contribution in [0.25, 0.3) is 10.8 Å². The maximum absolute atomic E-state index is 13.9. The summed E-state index contributed by atoms with van der Waals surface area (Å²) in [5, 5.41) is 25.0. The summed E-state index contributed by atoms with van der Waals surface area (Å²) in [6.45, 7) is 7.41. The number of fused-ring (bicyclic) bond motifs is 1. The van der Waals surface area contributed by atoms with Crippen molar-refractivity contribution < 1.29 is 33.8 Å². The van der Waals surface area contributed by atoms with Gasteiger partial charge in [0, 0.05) is 17.5 Å². The molecule has 1 unspecified atom stereocenters. The number of benzene rings is 2. The molecule has 0 aliphatic heterocycles. The molecule has 3 aromatic rings. The minimum Gasteiger partial charge on any atom is -0.483 e. The van der Waals surface area contributed by atoms with Gasteiger partial charge in [-0.2, -0.15) is 0 Å². The molecule has 1 heterocycles. The number of hydrogen-bond acceptors (Lipinski definition) is 8. The molecule has 56 heavy (non-hydrogen) atoms. The molecule has 0 radical (unpaired) electrons. The van der Waals surface area contributed by atoms with E-state index in [1.165, 1.54) is 0 Å². The van der Waals surface area contributed by atoms with Crippen LogP contribution in [0.1, 0.15) is 91.2 Å². The van der Waals surface area contributed by atoms with Crippen LogP contribution in [0.15, 0.2) is 66.9 Å². The molecule has 5 amide bonds. The van der Waals surface area contributed by atoms with Gasteiger partial charge in [0.05, 0.1) is 30.8 Å². The number of hydrogen-bond donors (Lipinski definition) is 6. The highest BCUT2D eigenvalue weighted by atomic mass is 16.5. The van der Waals surface area contributed by atoms with Crippen molar-refractivity contribution in [1.82, 2.24) is 26.3 Å². The van der Waals surface area contributed by atoms with Crippen molar-refractivity contribution >= 4 is 40.3 Å². The first kappa shape index (κ1) is 43.7. The van der Waals surface area contributed by atoms with Crippen molar-refractivity contribution in [2.24, 2.45) is 29.4 Å². The van der Waals surface area contributed by atoms with Crippen LogP contribution in [0, 0.1) is 23.7 Å². The average molecular weight is 773 g/mol. The fourth-order valence-corrected chi connectivity index (χ4v) is 7.35. The van der Waals surface area contributed by atoms with E-state index in [0.29, 0.717) is 24.3 Å². The molecule has 0 bridgehead atoms. The molecule has 7 N–H and O–H groups in total. The normalized spacial score (nSPS) is 16.5. The molecule has 13 heteroatoms. The second-order valence-corrected chi connectivity index (χ2v) is 15.5. The SMILES string of the molecule is CCC(C)[C@H](NC(=O)[C@@H](C[C@H](O)[C@H](CC1CCCCC1)NC(=O)[C@H](CC(N)=O)NC(=O)COc1cccc2ccccc12)C(C)C)C(=O)NCc1ccccn1. The van der Waals surface area contributed by atoms with Crippen LogP contribution in [-0.4, -0.2) is 70.5 Å². The first-order chi connectivity index (χ1) is 26.9. The van der Waals surface area contributed by atoms with Crippen LogP contribution in [0.4, 0.5) is 0 Å². The van der Waals surface area contributed by atoms with E-state index < -0.39 is 60.9 Å². The largest absolute Gasteiger partial charge is 0.483 e. The zero-order valence-electron chi connectivity index (χ0n) is 33.2. The third-order valence-corrected chi connectivity index (χ3v) is 10.9. The van der Waals surface area contributed by atoms with Gasteiger partial charge < -0.3 is 36.8 Å². The summed E-state index contributed by atoms with van der Waals surface area (Å²) in [6, 6.07) is 15.6. The van der Waals surface area contributed by atoms with Gasteiger partial charge in [0.25, 0.3) is 5.91 Å². The first-order valence-corrected chi connectivity index (χ1v) is 20.0. The molecule has 1 saturated carbocycles. The Labute approximate surface area is 330 Å². The molecule has 6 atom stereocenters. The van der Waals surface area contributed by atoms with Gasteiger partial charge >= 0.3 is 0 Å². The minimum absolute atomic E-state index is 0.00959. The summed E-state index contributed by atoms with van der Waals surface area (Å²) in [4.78, 5) is 70.6. The summed E-state index contributed by atoms with van der Waals surface area (Å²) in [6.07, 6.45) is 6.19. The Hall–Kier alpha value is -5.04. The molecule has 0 spiro atoms. The van der Waals surface area contributed by atoms with Crippen LogP contribution in [0.3, 0.4) is 0 Å². The highest BCUT2D eigenvalue weighted by Gasteiger charge is 2.36. The van der Waals surface area contributed by atoms with E-state index in [9.17, 15) is 29.1 Å². The third-order valence-electron chi connectivity index (χ3n) is 10.9. The number of amides is 5. The lowest BCUT2D eigenvalue weighted by atomic mass is 9.81. The lowest BCUT2D eigenvalue weighted by Crippen LogP contribution is -2.55. The second kappa shape index (κ2) is 21.9. The van der Waals surface area contributed by atoms with Crippen molar-refractivity contribution in [3.05, 3.63) is 72.6 Å². The number of nitrogens with two attached hydrogens (primary N) is 1. The Morgan fingerprint density at radius 1 is 0.875 bits per heavy atom. The van der Waals surface area contributed by atoms with Gasteiger partial charge in [-0.15, -0.1) is 0 Å². The molecule has 0 saturated heterocycles. The summed E-state index contributed by atoms with van der Waals surface area (Å²) in [7, 11) is 0. The molecule has 1 aromatic heterocycles. The van der Waals surface area contributed by atoms with Gasteiger partial charge in [0.2, 0.25) is 23.6 Å². The van der Waals surface area contributed by atoms with Gasteiger partial charge in [0.15, 0.2) is 6.61 Å². The molecule has 1 aliphatic carbocycles. The number of pyridine rings is 1. The van der Waals surface area contributed by atoms with Gasteiger partial charge in [-0.1, -0.05) is 109 Å². The fraction of sp³-hybridized carbons (Fsp3) is 0.535. The molecule has 4 rings (SSSR count). The molecule has 304 valence electrons. The maximum Gasteiger partial charge on any atom is 0.258 e. The quantitative estimate of drug-likeness (QED) is 0.0920. The fourth-order valence-electron chi connectivity index (χ4n) is 7.35. The van der Waals surface area contributed by atoms with E-state index >= 15 is 0 Å². The van der Waals surface area contributed by atoms with Crippen LogP contribution < -0.4 is 31.7 Å². The second-order valence-electron chi connectivity index (χ2n) is 15.5. The maximum atomic E-state index is 13.9. The van der Waals surface area contributed by atoms with Crippen molar-refractivity contribution in [2.45, 2.75) is 116 Å². The summed E-state index contributed by atoms with van der Waals surface area (Å²) in [5.41, 5.74) is 6.21. The summed E-state index contributed by atoms with van der Waals surface area (Å²) in [5.74, 6) is -3.14. The van der Waals surface area contributed by atoms with Gasteiger partial charge in [0.1, 0.15) is 17.8 Å². The predicted molar refractivity (Wildman–Crippen MR) is 215 cm³/mol. The zero-order chi connectivity index (χ0) is 40.6. The summed E-state index contributed by atoms with van der Waals surface area (Å²) < 4.78 is 5.81. The first-order valence-electron chi connectivity index (χ1n) is 20.0. The molecule has 1 aliphatic rings. The van der Waals surface area contributed by atoms with Crippen molar-refractivity contribution in [3.8, 4) is 5.75 Å². The highest BCUT2D eigenvalue weighted by molar-refractivity contribution is 5.93. The lowest BCUT2D eigenvalue weighted by Gasteiger charge is -2.34. The number of nitrogens with one attached hydrogen (secondary N) is 4. The van der Waals surface area contributed by atoms with E-state index in [-0.39, 0.29) is 42.5 Å². The number of carbonyl (C=O) groups excluding carboxylic acids is 5. The number of aromatic nitrogens is 1. The summed E-state index contributed by atoms with van der Waals surface area (Å²) >= 11 is 0. The molecule has 13 nitrogen and oxygen atoms in total. The van der Waals surface area contributed by atoms with E-state index in [0.717, 1.165) is 42.9 Å². The molecule has 1 fully saturated rings. The monoisotopic (exact) mass is 772 g/mol. The molecule has 2 aromatic carbocycles. The average Bonchev–Trinajstić information content (AvgIpc) is 3.19. The zero-order valence-corrected chi connectivity index (χ0v) is 33.2. The standard InChI is InChI=1S/C43H60N6O7/c1-5-28(4)40(43(55)46-25-31-18-11-12-21-45-31)49-41(53)33(27(2)3)23-36(50)34(22-29-14-7-6-8-15-29)48-42(54)35(24-38(44)51)47-39(52)26-56-37-20-13-17-30-16-9-10-19-32(30)37/h9-13,16-21,27-29,33-36,40,50H,5-8,14-15,22-26H2,1-4H3,(H2,44,51)(H,46,55)(H,47,52)(H,48,54)(H,49,53)/t28?,33-,34-,35-,36-,40-/m0/s1. The number of primary amides is 1. The van der Waals surface area contributed by atoms with Crippen LogP contribution in [-0.2, 0) is 30.5 Å². The van der Waals surface area contributed by atoms with Gasteiger partial charge in [-0.3, -0.25) is 29.0 Å². The van der Waals surface area contributed by atoms with Crippen LogP contribution >= 0.6 is 0 Å². The van der Waals surface area contributed by atoms with Crippen molar-refractivity contribution in [1.29, 1.82) is 0 Å². The van der Waals surface area contributed by atoms with Crippen LogP contribution in [0.5, 0.6) is 5.75 Å². The van der Waals surface area contributed by atoms with E-state index in [2.05, 4.69) is 26.3 Å². The van der Waals surface area contributed by atoms with E-state index in [1.54, 1.807) is 18.3 Å². The minimum atomic E-state index is -1.32. The number of carbonyl (C=O) groups is 5. The van der Waals surface area contributed by atoms with Crippen molar-refractivity contribution in [2.75, 3.05) is 6.61 Å². The molecular weight excluding hydrogens is 713 g/mol. The number of aliphatic hydroxyl groups is 1. The van der Waals surface area contributed by atoms with E-state index in [4.69, 9.17) is 10.5 Å². The van der Waals surface area contributed by atoms with Gasteiger partial charge in [-0.05, 0) is 54.2 Å². The lowest BCUT2D eigenvalue weighted by molar-refractivity contribution is -0.134. The third kappa shape index (κ3) is 13.3. The number of nitrogens with zero attached hydrogens (tertiary/aromatic N) is 1. The van der Waals surface area contributed by atoms with Gasteiger partial charge in [-0.25, -0.2) is 0 Å². The smallest absolute Gasteiger partial charge is 0.258 e. The Balaban J connectivity index is 1.46. The molecular formula is C43H60N6O7. The Kier molecular flexibility index (Phi) is 17.1.